The van der Waals surface area contributed by atoms with E-state index in [-0.39, 0.29) is 5.91 Å². The van der Waals surface area contributed by atoms with Crippen LogP contribution in [0, 0.1) is 5.41 Å². The molecule has 98 valence electrons. The van der Waals surface area contributed by atoms with Crippen LogP contribution in [0.4, 0.5) is 0 Å². The van der Waals surface area contributed by atoms with E-state index in [1.54, 1.807) is 0 Å². The summed E-state index contributed by atoms with van der Waals surface area (Å²) in [5.41, 5.74) is 6.05. The zero-order valence-corrected chi connectivity index (χ0v) is 11.2. The molecule has 2 aliphatic rings. The molecule has 2 fully saturated rings. The van der Waals surface area contributed by atoms with Gasteiger partial charge in [-0.1, -0.05) is 26.7 Å². The predicted molar refractivity (Wildman–Crippen MR) is 69.6 cm³/mol. The van der Waals surface area contributed by atoms with Gasteiger partial charge in [0.2, 0.25) is 5.91 Å². The molecule has 0 atom stereocenters. The van der Waals surface area contributed by atoms with E-state index < -0.39 is 5.54 Å². The monoisotopic (exact) mass is 238 g/mol. The number of carbonyl (C=O) groups excluding carboxylic acids is 1. The second-order valence-corrected chi connectivity index (χ2v) is 6.78. The van der Waals surface area contributed by atoms with Crippen molar-refractivity contribution in [2.45, 2.75) is 76.8 Å². The molecule has 0 saturated heterocycles. The van der Waals surface area contributed by atoms with E-state index in [2.05, 4.69) is 19.2 Å². The summed E-state index contributed by atoms with van der Waals surface area (Å²) in [6.45, 7) is 4.62. The van der Waals surface area contributed by atoms with Crippen LogP contribution < -0.4 is 11.1 Å². The third-order valence-corrected chi connectivity index (χ3v) is 4.62. The summed E-state index contributed by atoms with van der Waals surface area (Å²) in [6.07, 6.45) is 8.53. The number of hydrogen-bond donors (Lipinski definition) is 2. The van der Waals surface area contributed by atoms with Crippen molar-refractivity contribution < 1.29 is 4.79 Å². The van der Waals surface area contributed by atoms with Gasteiger partial charge in [-0.15, -0.1) is 0 Å². The molecule has 3 nitrogen and oxygen atoms in total. The smallest absolute Gasteiger partial charge is 0.240 e. The van der Waals surface area contributed by atoms with E-state index in [1.165, 1.54) is 12.8 Å². The van der Waals surface area contributed by atoms with Crippen LogP contribution >= 0.6 is 0 Å². The Kier molecular flexibility index (Phi) is 3.48. The first-order chi connectivity index (χ1) is 7.91. The van der Waals surface area contributed by atoms with Gasteiger partial charge >= 0.3 is 0 Å². The number of nitrogens with two attached hydrogens (primary N) is 1. The van der Waals surface area contributed by atoms with Gasteiger partial charge in [0.25, 0.3) is 0 Å². The summed E-state index contributed by atoms with van der Waals surface area (Å²) in [7, 11) is 0. The van der Waals surface area contributed by atoms with Gasteiger partial charge in [-0.2, -0.15) is 0 Å². The molecule has 0 aromatic rings. The summed E-state index contributed by atoms with van der Waals surface area (Å²) in [6, 6.07) is 0.358. The third-order valence-electron chi connectivity index (χ3n) is 4.62. The van der Waals surface area contributed by atoms with E-state index >= 15 is 0 Å². The fraction of sp³-hybridized carbons (Fsp3) is 0.929. The Balaban J connectivity index is 1.84. The number of nitrogens with one attached hydrogen (secondary N) is 1. The molecular formula is C14H26N2O. The van der Waals surface area contributed by atoms with Crippen LogP contribution in [-0.2, 0) is 4.79 Å². The second kappa shape index (κ2) is 4.60. The van der Waals surface area contributed by atoms with Crippen LogP contribution in [0.3, 0.4) is 0 Å². The van der Waals surface area contributed by atoms with Crippen molar-refractivity contribution in [3.05, 3.63) is 0 Å². The first-order valence-corrected chi connectivity index (χ1v) is 7.01. The molecular weight excluding hydrogens is 212 g/mol. The Morgan fingerprint density at radius 3 is 2.18 bits per heavy atom. The maximum atomic E-state index is 12.2. The lowest BCUT2D eigenvalue weighted by Crippen LogP contribution is -2.55. The molecule has 0 radical (unpaired) electrons. The van der Waals surface area contributed by atoms with E-state index in [0.717, 1.165) is 38.5 Å². The predicted octanol–water partition coefficient (Wildman–Crippen LogP) is 2.34. The number of amides is 1. The Hall–Kier alpha value is -0.570. The molecule has 17 heavy (non-hydrogen) atoms. The minimum absolute atomic E-state index is 0.0970. The van der Waals surface area contributed by atoms with Gasteiger partial charge in [-0.3, -0.25) is 4.79 Å². The molecule has 0 unspecified atom stereocenters. The maximum Gasteiger partial charge on any atom is 0.240 e. The van der Waals surface area contributed by atoms with E-state index in [9.17, 15) is 4.79 Å². The third kappa shape index (κ3) is 3.01. The largest absolute Gasteiger partial charge is 0.352 e. The molecule has 3 heteroatoms. The van der Waals surface area contributed by atoms with Crippen molar-refractivity contribution in [1.82, 2.24) is 5.32 Å². The van der Waals surface area contributed by atoms with Gasteiger partial charge in [0.1, 0.15) is 0 Å². The summed E-state index contributed by atoms with van der Waals surface area (Å²) in [5, 5.41) is 3.18. The minimum Gasteiger partial charge on any atom is -0.352 e. The van der Waals surface area contributed by atoms with Gasteiger partial charge in [0.15, 0.2) is 0 Å². The molecule has 0 bridgehead atoms. The minimum atomic E-state index is -0.563. The summed E-state index contributed by atoms with van der Waals surface area (Å²) < 4.78 is 0. The van der Waals surface area contributed by atoms with Crippen LogP contribution in [0.5, 0.6) is 0 Å². The number of carbonyl (C=O) groups is 1. The molecule has 2 saturated carbocycles. The van der Waals surface area contributed by atoms with Crippen molar-refractivity contribution in [2.24, 2.45) is 11.1 Å². The lowest BCUT2D eigenvalue weighted by atomic mass is 9.75. The van der Waals surface area contributed by atoms with Gasteiger partial charge in [-0.25, -0.2) is 0 Å². The quantitative estimate of drug-likeness (QED) is 0.776. The van der Waals surface area contributed by atoms with Crippen LogP contribution in [0.2, 0.25) is 0 Å². The highest BCUT2D eigenvalue weighted by Gasteiger charge is 2.38. The number of rotatable bonds is 2. The standard InChI is InChI=1S/C14H26N2O/c1-13(2)9-5-11(6-10-13)16-12(17)14(15)7-3-4-8-14/h11H,3-10,15H2,1-2H3,(H,16,17). The van der Waals surface area contributed by atoms with Crippen molar-refractivity contribution in [3.8, 4) is 0 Å². The normalized spacial score (nSPS) is 27.9. The summed E-state index contributed by atoms with van der Waals surface area (Å²) in [5.74, 6) is 0.0970. The first kappa shape index (κ1) is 12.9. The van der Waals surface area contributed by atoms with Crippen LogP contribution in [0.1, 0.15) is 65.2 Å². The molecule has 0 heterocycles. The molecule has 0 spiro atoms. The van der Waals surface area contributed by atoms with E-state index in [0.29, 0.717) is 11.5 Å². The highest BCUT2D eigenvalue weighted by molar-refractivity contribution is 5.86. The first-order valence-electron chi connectivity index (χ1n) is 7.01. The van der Waals surface area contributed by atoms with Crippen molar-refractivity contribution in [2.75, 3.05) is 0 Å². The Morgan fingerprint density at radius 1 is 1.12 bits per heavy atom. The summed E-state index contributed by atoms with van der Waals surface area (Å²) in [4.78, 5) is 12.2. The van der Waals surface area contributed by atoms with Crippen molar-refractivity contribution in [1.29, 1.82) is 0 Å². The highest BCUT2D eigenvalue weighted by atomic mass is 16.2. The van der Waals surface area contributed by atoms with Gasteiger partial charge in [0.05, 0.1) is 5.54 Å². The van der Waals surface area contributed by atoms with Crippen molar-refractivity contribution >= 4 is 5.91 Å². The lowest BCUT2D eigenvalue weighted by molar-refractivity contribution is -0.127. The molecule has 2 aliphatic carbocycles. The second-order valence-electron chi connectivity index (χ2n) is 6.78. The Morgan fingerprint density at radius 2 is 1.65 bits per heavy atom. The fourth-order valence-electron chi connectivity index (χ4n) is 3.11. The molecule has 0 aromatic carbocycles. The zero-order chi connectivity index (χ0) is 12.5. The molecule has 0 aromatic heterocycles. The zero-order valence-electron chi connectivity index (χ0n) is 11.2. The van der Waals surface area contributed by atoms with Crippen LogP contribution in [0.25, 0.3) is 0 Å². The Bertz CT molecular complexity index is 283. The topological polar surface area (TPSA) is 55.1 Å². The van der Waals surface area contributed by atoms with E-state index in [4.69, 9.17) is 5.73 Å². The fourth-order valence-corrected chi connectivity index (χ4v) is 3.11. The molecule has 0 aliphatic heterocycles. The Labute approximate surface area is 105 Å². The summed E-state index contributed by atoms with van der Waals surface area (Å²) >= 11 is 0. The maximum absolute atomic E-state index is 12.2. The highest BCUT2D eigenvalue weighted by Crippen LogP contribution is 2.35. The number of hydrogen-bond acceptors (Lipinski definition) is 2. The SMILES string of the molecule is CC1(C)CCC(NC(=O)C2(N)CCCC2)CC1. The van der Waals surface area contributed by atoms with E-state index in [1.807, 2.05) is 0 Å². The van der Waals surface area contributed by atoms with Crippen molar-refractivity contribution in [3.63, 3.8) is 0 Å². The average molecular weight is 238 g/mol. The van der Waals surface area contributed by atoms with Gasteiger partial charge in [-0.05, 0) is 43.9 Å². The molecule has 3 N–H and O–H groups in total. The lowest BCUT2D eigenvalue weighted by Gasteiger charge is -2.36. The average Bonchev–Trinajstić information content (AvgIpc) is 2.70. The van der Waals surface area contributed by atoms with Crippen LogP contribution in [0.15, 0.2) is 0 Å². The van der Waals surface area contributed by atoms with Gasteiger partial charge < -0.3 is 11.1 Å². The van der Waals surface area contributed by atoms with Crippen LogP contribution in [-0.4, -0.2) is 17.5 Å². The van der Waals surface area contributed by atoms with Gasteiger partial charge in [0, 0.05) is 6.04 Å². The molecule has 2 rings (SSSR count). The molecule has 1 amide bonds.